The van der Waals surface area contributed by atoms with Gasteiger partial charge in [-0.05, 0) is 0 Å². The molecule has 3 aromatic heterocycles. The molecule has 3 heterocycles. The first-order chi connectivity index (χ1) is 11.0. The maximum Gasteiger partial charge on any atom is 0.166 e. The summed E-state index contributed by atoms with van der Waals surface area (Å²) >= 11 is -5.75. The summed E-state index contributed by atoms with van der Waals surface area (Å²) in [6.07, 6.45) is 11.2. The van der Waals surface area contributed by atoms with E-state index in [1.165, 1.54) is 0 Å². The van der Waals surface area contributed by atoms with Crippen LogP contribution in [0.4, 0.5) is 0 Å². The Morgan fingerprint density at radius 3 is 0.708 bits per heavy atom. The molecule has 0 spiro atoms. The molecular weight excluding hydrogens is 357 g/mol. The van der Waals surface area contributed by atoms with Crippen molar-refractivity contribution in [3.8, 4) is 0 Å². The van der Waals surface area contributed by atoms with Crippen LogP contribution in [0.3, 0.4) is 0 Å². The van der Waals surface area contributed by atoms with E-state index in [2.05, 4.69) is 15.0 Å². The van der Waals surface area contributed by atoms with Crippen LogP contribution >= 0.6 is 0 Å². The standard InChI is InChI=1S/3C5H5N.Cr.FH.4O/c3*1-2-4-6-5-3-1;;;;;;/h3*1-5H;;1H;;;;/q;;;;;;;2*-1/p+2. The second-order valence-electron chi connectivity index (χ2n) is 3.64. The van der Waals surface area contributed by atoms with Gasteiger partial charge in [0.25, 0.3) is 0 Å². The topological polar surface area (TPSA) is 123 Å². The zero-order valence-corrected chi connectivity index (χ0v) is 13.9. The van der Waals surface area contributed by atoms with Crippen molar-refractivity contribution >= 4 is 0 Å². The Morgan fingerprint density at radius 2 is 0.667 bits per heavy atom. The predicted molar refractivity (Wildman–Crippen MR) is 70.4 cm³/mol. The number of hydrogen-bond acceptors (Lipinski definition) is 4. The van der Waals surface area contributed by atoms with Crippen LogP contribution in [0.1, 0.15) is 0 Å². The van der Waals surface area contributed by atoms with Crippen LogP contribution < -0.4 is 28.0 Å². The monoisotopic (exact) mass is 375 g/mol. The molecule has 0 aliphatic rings. The number of halogens is 1. The Bertz CT molecular complexity index is 512. The summed E-state index contributed by atoms with van der Waals surface area (Å²) in [6.45, 7) is 0. The molecule has 0 atom stereocenters. The maximum absolute atomic E-state index is 8.59. The number of rotatable bonds is 0. The van der Waals surface area contributed by atoms with E-state index in [0.717, 1.165) is 0 Å². The molecule has 3 aromatic rings. The second kappa shape index (κ2) is 16.8. The summed E-state index contributed by atoms with van der Waals surface area (Å²) in [4.78, 5) is 8.68. The summed E-state index contributed by atoms with van der Waals surface area (Å²) < 4.78 is 34.4. The van der Waals surface area contributed by atoms with Gasteiger partial charge in [0.1, 0.15) is 0 Å². The van der Waals surface area contributed by atoms with Gasteiger partial charge in [-0.15, -0.1) is 0 Å². The first-order valence-corrected chi connectivity index (χ1v) is 8.48. The third-order valence-corrected chi connectivity index (χ3v) is 1.82. The van der Waals surface area contributed by atoms with Gasteiger partial charge in [0.05, 0.1) is 0 Å². The zero-order chi connectivity index (χ0) is 17.2. The van der Waals surface area contributed by atoms with E-state index < -0.39 is 13.6 Å². The fourth-order valence-electron chi connectivity index (χ4n) is 1.03. The summed E-state index contributed by atoms with van der Waals surface area (Å²) in [6, 6.07) is 17.6. The van der Waals surface area contributed by atoms with Crippen LogP contribution in [0.2, 0.25) is 0 Å². The van der Waals surface area contributed by atoms with Crippen molar-refractivity contribution in [2.75, 3.05) is 0 Å². The van der Waals surface area contributed by atoms with Gasteiger partial charge < -0.3 is 4.70 Å². The molecule has 0 saturated carbocycles. The zero-order valence-electron chi connectivity index (χ0n) is 12.6. The number of aromatic nitrogens is 3. The number of hydrogen-bond donors (Lipinski definition) is 0. The van der Waals surface area contributed by atoms with Crippen molar-refractivity contribution in [3.05, 3.63) is 91.8 Å². The van der Waals surface area contributed by atoms with Crippen LogP contribution in [-0.2, 0) is 21.2 Å². The van der Waals surface area contributed by atoms with Crippen LogP contribution in [-0.4, -0.2) is 0 Å². The molecule has 0 saturated heterocycles. The van der Waals surface area contributed by atoms with Crippen molar-refractivity contribution in [3.63, 3.8) is 0 Å². The first-order valence-electron chi connectivity index (χ1n) is 6.40. The van der Waals surface area contributed by atoms with Crippen molar-refractivity contribution in [1.82, 2.24) is 0 Å². The molecule has 0 fully saturated rings. The molecule has 0 radical (unpaired) electrons. The summed E-state index contributed by atoms with van der Waals surface area (Å²) in [5, 5.41) is 0. The molecule has 0 aliphatic carbocycles. The van der Waals surface area contributed by atoms with Crippen LogP contribution in [0.15, 0.2) is 91.8 Å². The normalized spacial score (nSPS) is 8.42. The van der Waals surface area contributed by atoms with Crippen LogP contribution in [0.25, 0.3) is 0 Å². The van der Waals surface area contributed by atoms with Gasteiger partial charge in [-0.2, -0.15) is 0 Å². The van der Waals surface area contributed by atoms with Gasteiger partial charge in [0.15, 0.2) is 37.2 Å². The molecule has 0 aromatic carbocycles. The van der Waals surface area contributed by atoms with Crippen LogP contribution in [0.5, 0.6) is 0 Å². The Balaban J connectivity index is 0. The molecule has 0 bridgehead atoms. The Morgan fingerprint density at radius 1 is 0.500 bits per heavy atom. The van der Waals surface area contributed by atoms with E-state index in [-0.39, 0.29) is 4.70 Å². The summed E-state index contributed by atoms with van der Waals surface area (Å²) in [5.74, 6) is 0. The van der Waals surface area contributed by atoms with E-state index in [9.17, 15) is 0 Å². The largest absolute Gasteiger partial charge is 0.218 e. The van der Waals surface area contributed by atoms with Gasteiger partial charge in [-0.25, -0.2) is 15.0 Å². The van der Waals surface area contributed by atoms with E-state index >= 15 is 0 Å². The van der Waals surface area contributed by atoms with E-state index in [1.807, 2.05) is 91.8 Å². The van der Waals surface area contributed by atoms with Gasteiger partial charge in [0.2, 0.25) is 0 Å². The molecule has 9 heteroatoms. The Hall–Kier alpha value is -2.57. The van der Waals surface area contributed by atoms with Crippen molar-refractivity contribution in [1.29, 1.82) is 0 Å². The molecule has 3 rings (SSSR count). The van der Waals surface area contributed by atoms with Crippen molar-refractivity contribution < 1.29 is 49.2 Å². The Kier molecular flexibility index (Phi) is 16.6. The third-order valence-electron chi connectivity index (χ3n) is 1.82. The molecule has 0 aliphatic heterocycles. The average molecular weight is 375 g/mol. The summed E-state index contributed by atoms with van der Waals surface area (Å²) in [5.41, 5.74) is 0. The van der Waals surface area contributed by atoms with E-state index in [1.54, 1.807) is 0 Å². The van der Waals surface area contributed by atoms with E-state index in [0.29, 0.717) is 0 Å². The summed E-state index contributed by atoms with van der Waals surface area (Å²) in [7, 11) is 0. The molecular formula is C15H18CrFN3O4. The maximum atomic E-state index is 8.59. The fraction of sp³-hybridized carbons (Fsp3) is 0. The number of H-pyrrole nitrogens is 3. The smallest absolute Gasteiger partial charge is 0.166 e. The van der Waals surface area contributed by atoms with Gasteiger partial charge in [-0.1, -0.05) is 18.2 Å². The third kappa shape index (κ3) is 27.7. The van der Waals surface area contributed by atoms with Gasteiger partial charge in [-0.3, -0.25) is 0 Å². The molecule has 24 heavy (non-hydrogen) atoms. The number of aromatic amines is 3. The van der Waals surface area contributed by atoms with Crippen molar-refractivity contribution in [2.45, 2.75) is 0 Å². The number of nitrogens with one attached hydrogen (secondary N) is 3. The molecule has 0 unspecified atom stereocenters. The first kappa shape index (κ1) is 23.7. The molecule has 3 N–H and O–H groups in total. The van der Waals surface area contributed by atoms with E-state index in [4.69, 9.17) is 15.9 Å². The quantitative estimate of drug-likeness (QED) is 0.396. The number of pyridine rings is 3. The molecule has 7 nitrogen and oxygen atoms in total. The second-order valence-corrected chi connectivity index (χ2v) is 4.92. The molecule has 130 valence electrons. The minimum absolute atomic E-state index is 0. The Labute approximate surface area is 141 Å². The molecule has 0 amide bonds. The minimum Gasteiger partial charge on any atom is -0.218 e. The van der Waals surface area contributed by atoms with Gasteiger partial charge >= 0.3 is 29.5 Å². The van der Waals surface area contributed by atoms with Gasteiger partial charge in [0, 0.05) is 36.4 Å². The average Bonchev–Trinajstić information content (AvgIpc) is 2.59. The fourth-order valence-corrected chi connectivity index (χ4v) is 1.03. The van der Waals surface area contributed by atoms with Crippen LogP contribution in [0, 0.1) is 0 Å². The van der Waals surface area contributed by atoms with Crippen molar-refractivity contribution in [2.24, 2.45) is 0 Å². The SMILES string of the molecule is [F-].[O]=[Cr](=[O])([O-])[O-].c1cc[nH+]cc1.c1cc[nH+]cc1.c1cc[nH+]cc1. The predicted octanol–water partition coefficient (Wildman–Crippen LogP) is -4.11. The minimum atomic E-state index is -5.75.